The van der Waals surface area contributed by atoms with E-state index in [1.165, 1.54) is 49.6 Å². The minimum Gasteiger partial charge on any atom is -0.453 e. The number of halogens is 1. The number of anilines is 1. The Bertz CT molecular complexity index is 1010. The van der Waals surface area contributed by atoms with Crippen LogP contribution in [0.4, 0.5) is 14.9 Å². The minimum absolute atomic E-state index is 0.0238. The van der Waals surface area contributed by atoms with Crippen molar-refractivity contribution in [1.82, 2.24) is 10.0 Å². The lowest BCUT2D eigenvalue weighted by atomic mass is 10.2. The summed E-state index contributed by atoms with van der Waals surface area (Å²) >= 11 is 0. The molecular formula is C19H22FN3O5S. The molecule has 0 aliphatic heterocycles. The fraction of sp³-hybridized carbons (Fsp3) is 0.263. The number of amides is 2. The molecule has 3 N–H and O–H groups in total. The van der Waals surface area contributed by atoms with E-state index in [0.717, 1.165) is 0 Å². The third-order valence-corrected chi connectivity index (χ3v) is 5.50. The fourth-order valence-electron chi connectivity index (χ4n) is 2.41. The van der Waals surface area contributed by atoms with Gasteiger partial charge in [0.15, 0.2) is 0 Å². The number of nitrogens with one attached hydrogen (secondary N) is 3. The van der Waals surface area contributed by atoms with Gasteiger partial charge in [0, 0.05) is 23.8 Å². The van der Waals surface area contributed by atoms with Crippen molar-refractivity contribution in [2.24, 2.45) is 0 Å². The van der Waals surface area contributed by atoms with Crippen molar-refractivity contribution in [1.29, 1.82) is 0 Å². The Morgan fingerprint density at radius 1 is 1.17 bits per heavy atom. The quantitative estimate of drug-likeness (QED) is 0.633. The molecule has 0 spiro atoms. The standard InChI is InChI=1S/C19H22FN3O5S/c1-12-9-15(7-8-17(12)20)22-18(24)14-5-4-6-16(10-14)29(26,27)23-13(2)11-21-19(25)28-3/h4-10,13,23H,11H2,1-3H3,(H,21,25)(H,22,24)/t13-/m0/s1. The zero-order valence-corrected chi connectivity index (χ0v) is 17.0. The maximum Gasteiger partial charge on any atom is 0.406 e. The van der Waals surface area contributed by atoms with Gasteiger partial charge < -0.3 is 15.4 Å². The van der Waals surface area contributed by atoms with Crippen LogP contribution in [-0.2, 0) is 14.8 Å². The molecule has 0 radical (unpaired) electrons. The highest BCUT2D eigenvalue weighted by atomic mass is 32.2. The Morgan fingerprint density at radius 2 is 1.90 bits per heavy atom. The van der Waals surface area contributed by atoms with Gasteiger partial charge in [-0.05, 0) is 55.8 Å². The van der Waals surface area contributed by atoms with Crippen LogP contribution in [0, 0.1) is 12.7 Å². The van der Waals surface area contributed by atoms with Gasteiger partial charge >= 0.3 is 6.09 Å². The minimum atomic E-state index is -3.93. The lowest BCUT2D eigenvalue weighted by molar-refractivity contribution is 0.102. The van der Waals surface area contributed by atoms with Gasteiger partial charge in [0.05, 0.1) is 12.0 Å². The predicted octanol–water partition coefficient (Wildman–Crippen LogP) is 2.41. The molecule has 2 aromatic rings. The lowest BCUT2D eigenvalue weighted by Crippen LogP contribution is -2.41. The maximum absolute atomic E-state index is 13.4. The molecule has 0 aliphatic carbocycles. The van der Waals surface area contributed by atoms with Crippen molar-refractivity contribution in [3.63, 3.8) is 0 Å². The number of aryl methyl sites for hydroxylation is 1. The molecule has 0 heterocycles. The Kier molecular flexibility index (Phi) is 7.29. The molecule has 0 saturated heterocycles. The van der Waals surface area contributed by atoms with Crippen molar-refractivity contribution < 1.29 is 27.1 Å². The number of methoxy groups -OCH3 is 1. The molecule has 2 rings (SSSR count). The highest BCUT2D eigenvalue weighted by molar-refractivity contribution is 7.89. The SMILES string of the molecule is COC(=O)NC[C@H](C)NS(=O)(=O)c1cccc(C(=O)Nc2ccc(F)c(C)c2)c1. The molecule has 2 amide bonds. The second kappa shape index (κ2) is 9.48. The van der Waals surface area contributed by atoms with Crippen LogP contribution in [0.25, 0.3) is 0 Å². The van der Waals surface area contributed by atoms with Gasteiger partial charge in [0.1, 0.15) is 5.82 Å². The molecule has 10 heteroatoms. The Balaban J connectivity index is 2.11. The summed E-state index contributed by atoms with van der Waals surface area (Å²) in [6, 6.07) is 9.00. The number of hydrogen-bond donors (Lipinski definition) is 3. The van der Waals surface area contributed by atoms with Crippen LogP contribution in [0.5, 0.6) is 0 Å². The Hall–Kier alpha value is -2.98. The van der Waals surface area contributed by atoms with Crippen LogP contribution in [0.2, 0.25) is 0 Å². The van der Waals surface area contributed by atoms with Gasteiger partial charge in [0.25, 0.3) is 5.91 Å². The molecule has 0 bridgehead atoms. The zero-order valence-electron chi connectivity index (χ0n) is 16.2. The largest absolute Gasteiger partial charge is 0.453 e. The summed E-state index contributed by atoms with van der Waals surface area (Å²) in [7, 11) is -2.72. The van der Waals surface area contributed by atoms with E-state index in [2.05, 4.69) is 20.1 Å². The van der Waals surface area contributed by atoms with E-state index >= 15 is 0 Å². The second-order valence-electron chi connectivity index (χ2n) is 6.34. The summed E-state index contributed by atoms with van der Waals surface area (Å²) in [5, 5.41) is 5.00. The molecule has 0 unspecified atom stereocenters. The molecule has 2 aromatic carbocycles. The monoisotopic (exact) mass is 423 g/mol. The first kappa shape index (κ1) is 22.3. The van der Waals surface area contributed by atoms with E-state index in [9.17, 15) is 22.4 Å². The number of alkyl carbamates (subject to hydrolysis) is 1. The molecule has 29 heavy (non-hydrogen) atoms. The van der Waals surface area contributed by atoms with Gasteiger partial charge in [-0.1, -0.05) is 6.07 Å². The molecule has 0 saturated carbocycles. The molecule has 0 aliphatic rings. The van der Waals surface area contributed by atoms with Gasteiger partial charge in [-0.15, -0.1) is 0 Å². The van der Waals surface area contributed by atoms with E-state index < -0.39 is 33.9 Å². The molecule has 0 fully saturated rings. The summed E-state index contributed by atoms with van der Waals surface area (Å²) in [5.74, 6) is -0.925. The summed E-state index contributed by atoms with van der Waals surface area (Å²) in [6.45, 7) is 3.16. The first-order valence-electron chi connectivity index (χ1n) is 8.64. The van der Waals surface area contributed by atoms with E-state index in [1.807, 2.05) is 0 Å². The number of sulfonamides is 1. The summed E-state index contributed by atoms with van der Waals surface area (Å²) < 4.78 is 45.3. The molecule has 1 atom stereocenters. The summed E-state index contributed by atoms with van der Waals surface area (Å²) in [5.41, 5.74) is 0.885. The highest BCUT2D eigenvalue weighted by Gasteiger charge is 2.19. The Morgan fingerprint density at radius 3 is 2.55 bits per heavy atom. The topological polar surface area (TPSA) is 114 Å². The number of rotatable bonds is 7. The fourth-order valence-corrected chi connectivity index (χ4v) is 3.70. The van der Waals surface area contributed by atoms with E-state index in [4.69, 9.17) is 0 Å². The number of carbonyl (C=O) groups is 2. The van der Waals surface area contributed by atoms with Crippen molar-refractivity contribution in [3.05, 3.63) is 59.4 Å². The van der Waals surface area contributed by atoms with Gasteiger partial charge in [-0.2, -0.15) is 0 Å². The first-order valence-corrected chi connectivity index (χ1v) is 10.1. The lowest BCUT2D eigenvalue weighted by Gasteiger charge is -2.15. The smallest absolute Gasteiger partial charge is 0.406 e. The van der Waals surface area contributed by atoms with E-state index in [0.29, 0.717) is 11.3 Å². The van der Waals surface area contributed by atoms with Crippen LogP contribution in [0.15, 0.2) is 47.4 Å². The number of hydrogen-bond acceptors (Lipinski definition) is 5. The predicted molar refractivity (Wildman–Crippen MR) is 106 cm³/mol. The van der Waals surface area contributed by atoms with Crippen molar-refractivity contribution in [2.75, 3.05) is 19.0 Å². The van der Waals surface area contributed by atoms with Crippen LogP contribution < -0.4 is 15.4 Å². The third-order valence-electron chi connectivity index (χ3n) is 3.92. The van der Waals surface area contributed by atoms with E-state index in [1.54, 1.807) is 13.8 Å². The van der Waals surface area contributed by atoms with Crippen LogP contribution >= 0.6 is 0 Å². The average molecular weight is 423 g/mol. The molecule has 156 valence electrons. The molecular weight excluding hydrogens is 401 g/mol. The number of ether oxygens (including phenoxy) is 1. The summed E-state index contributed by atoms with van der Waals surface area (Å²) in [6.07, 6.45) is -0.675. The Labute approximate surface area is 168 Å². The number of carbonyl (C=O) groups excluding carboxylic acids is 2. The molecule has 0 aromatic heterocycles. The zero-order chi connectivity index (χ0) is 21.6. The first-order chi connectivity index (χ1) is 13.6. The molecule has 8 nitrogen and oxygen atoms in total. The van der Waals surface area contributed by atoms with Gasteiger partial charge in [-0.3, -0.25) is 4.79 Å². The van der Waals surface area contributed by atoms with Crippen LogP contribution in [0.3, 0.4) is 0 Å². The average Bonchev–Trinajstić information content (AvgIpc) is 2.68. The maximum atomic E-state index is 13.4. The van der Waals surface area contributed by atoms with Crippen LogP contribution in [-0.4, -0.2) is 40.1 Å². The van der Waals surface area contributed by atoms with Gasteiger partial charge in [0.2, 0.25) is 10.0 Å². The van der Waals surface area contributed by atoms with Crippen molar-refractivity contribution in [3.8, 4) is 0 Å². The van der Waals surface area contributed by atoms with Crippen molar-refractivity contribution >= 4 is 27.7 Å². The highest BCUT2D eigenvalue weighted by Crippen LogP contribution is 2.17. The second-order valence-corrected chi connectivity index (χ2v) is 8.05. The van der Waals surface area contributed by atoms with Crippen LogP contribution in [0.1, 0.15) is 22.8 Å². The normalized spacial score (nSPS) is 12.1. The van der Waals surface area contributed by atoms with E-state index in [-0.39, 0.29) is 17.0 Å². The van der Waals surface area contributed by atoms with Gasteiger partial charge in [-0.25, -0.2) is 22.3 Å². The summed E-state index contributed by atoms with van der Waals surface area (Å²) in [4.78, 5) is 23.4. The van der Waals surface area contributed by atoms with Crippen molar-refractivity contribution in [2.45, 2.75) is 24.8 Å². The number of benzene rings is 2. The third kappa shape index (κ3) is 6.26.